The van der Waals surface area contributed by atoms with Gasteiger partial charge in [0, 0.05) is 0 Å². The maximum absolute atomic E-state index is 12.3. The molecule has 1 amide bonds. The van der Waals surface area contributed by atoms with Crippen LogP contribution >= 0.6 is 0 Å². The van der Waals surface area contributed by atoms with Crippen LogP contribution in [0, 0.1) is 6.92 Å². The molecule has 0 aliphatic carbocycles. The molecule has 0 aliphatic heterocycles. The molecular weight excluding hydrogens is 328 g/mol. The number of nitrogens with one attached hydrogen (secondary N) is 2. The molecule has 2 rings (SSSR count). The van der Waals surface area contributed by atoms with Crippen LogP contribution in [0.2, 0.25) is 0 Å². The summed E-state index contributed by atoms with van der Waals surface area (Å²) in [5.41, 5.74) is 1.58. The molecular formula is C17H20N2O4S. The first kappa shape index (κ1) is 18.0. The van der Waals surface area contributed by atoms with Crippen LogP contribution in [0.4, 0.5) is 0 Å². The van der Waals surface area contributed by atoms with Gasteiger partial charge in [0.15, 0.2) is 0 Å². The number of benzene rings is 2. The number of aryl methyl sites for hydroxylation is 1. The van der Waals surface area contributed by atoms with E-state index in [0.717, 1.165) is 5.56 Å². The summed E-state index contributed by atoms with van der Waals surface area (Å²) < 4.78 is 25.7. The van der Waals surface area contributed by atoms with Crippen molar-refractivity contribution in [1.82, 2.24) is 10.0 Å². The second-order valence-corrected chi connectivity index (χ2v) is 7.33. The van der Waals surface area contributed by atoms with Crippen molar-refractivity contribution in [2.45, 2.75) is 24.8 Å². The number of carbonyl (C=O) groups excluding carboxylic acids is 1. The molecule has 0 radical (unpaired) electrons. The van der Waals surface area contributed by atoms with Gasteiger partial charge in [0.25, 0.3) is 5.91 Å². The summed E-state index contributed by atoms with van der Waals surface area (Å²) in [7, 11) is -2.14. The molecule has 0 fully saturated rings. The van der Waals surface area contributed by atoms with E-state index in [0.29, 0.717) is 5.56 Å². The molecule has 128 valence electrons. The normalized spacial score (nSPS) is 12.6. The van der Waals surface area contributed by atoms with Crippen LogP contribution in [0.25, 0.3) is 0 Å². The molecule has 7 heteroatoms. The molecule has 0 saturated heterocycles. The number of phenolic OH excluding ortho intramolecular Hbond substituents is 1. The molecule has 2 aromatic carbocycles. The van der Waals surface area contributed by atoms with Gasteiger partial charge in [-0.15, -0.1) is 0 Å². The van der Waals surface area contributed by atoms with Gasteiger partial charge >= 0.3 is 0 Å². The predicted molar refractivity (Wildman–Crippen MR) is 91.4 cm³/mol. The van der Waals surface area contributed by atoms with Crippen molar-refractivity contribution in [3.05, 3.63) is 59.2 Å². The Hall–Kier alpha value is -2.38. The minimum absolute atomic E-state index is 0.0438. The Kier molecular flexibility index (Phi) is 5.26. The number of hydrogen-bond donors (Lipinski definition) is 3. The van der Waals surface area contributed by atoms with Crippen LogP contribution in [0.3, 0.4) is 0 Å². The molecule has 3 N–H and O–H groups in total. The molecule has 6 nitrogen and oxygen atoms in total. The number of phenols is 1. The second-order valence-electron chi connectivity index (χ2n) is 5.44. The number of aromatic hydroxyl groups is 1. The molecule has 0 spiro atoms. The first-order chi connectivity index (χ1) is 11.3. The van der Waals surface area contributed by atoms with E-state index in [1.165, 1.54) is 19.2 Å². The van der Waals surface area contributed by atoms with Crippen molar-refractivity contribution in [1.29, 1.82) is 0 Å². The summed E-state index contributed by atoms with van der Waals surface area (Å²) in [6.07, 6.45) is 0. The van der Waals surface area contributed by atoms with Gasteiger partial charge in [0.2, 0.25) is 10.0 Å². The lowest BCUT2D eigenvalue weighted by Gasteiger charge is -2.16. The number of amides is 1. The van der Waals surface area contributed by atoms with E-state index in [-0.39, 0.29) is 22.3 Å². The summed E-state index contributed by atoms with van der Waals surface area (Å²) in [6.45, 7) is 3.50. The first-order valence-electron chi connectivity index (χ1n) is 7.39. The molecule has 2 aromatic rings. The fourth-order valence-electron chi connectivity index (χ4n) is 2.25. The van der Waals surface area contributed by atoms with E-state index >= 15 is 0 Å². The van der Waals surface area contributed by atoms with Crippen LogP contribution in [0.1, 0.15) is 34.5 Å². The van der Waals surface area contributed by atoms with Crippen LogP contribution in [0.5, 0.6) is 5.75 Å². The van der Waals surface area contributed by atoms with E-state index in [4.69, 9.17) is 0 Å². The molecule has 0 aromatic heterocycles. The lowest BCUT2D eigenvalue weighted by molar-refractivity contribution is 0.0937. The SMILES string of the molecule is CNS(=O)(=O)c1ccc(C(C)NC(=O)c2cccc(C)c2O)cc1. The van der Waals surface area contributed by atoms with E-state index in [1.807, 2.05) is 0 Å². The lowest BCUT2D eigenvalue weighted by Crippen LogP contribution is -2.27. The molecule has 0 bridgehead atoms. The average molecular weight is 348 g/mol. The molecule has 0 aliphatic rings. The van der Waals surface area contributed by atoms with E-state index < -0.39 is 15.9 Å². The van der Waals surface area contributed by atoms with Crippen LogP contribution in [-0.4, -0.2) is 26.5 Å². The topological polar surface area (TPSA) is 95.5 Å². The third kappa shape index (κ3) is 3.74. The summed E-state index contributed by atoms with van der Waals surface area (Å²) >= 11 is 0. The van der Waals surface area contributed by atoms with Gasteiger partial charge in [-0.25, -0.2) is 13.1 Å². The molecule has 0 saturated carbocycles. The van der Waals surface area contributed by atoms with Crippen LogP contribution in [0.15, 0.2) is 47.4 Å². The Balaban J connectivity index is 2.16. The second kappa shape index (κ2) is 7.02. The summed E-state index contributed by atoms with van der Waals surface area (Å²) in [5.74, 6) is -0.437. The highest BCUT2D eigenvalue weighted by molar-refractivity contribution is 7.89. The maximum Gasteiger partial charge on any atom is 0.255 e. The van der Waals surface area contributed by atoms with E-state index in [2.05, 4.69) is 10.0 Å². The van der Waals surface area contributed by atoms with Crippen molar-refractivity contribution in [2.24, 2.45) is 0 Å². The Morgan fingerprint density at radius 2 is 1.75 bits per heavy atom. The Morgan fingerprint density at radius 1 is 1.12 bits per heavy atom. The highest BCUT2D eigenvalue weighted by Gasteiger charge is 2.17. The van der Waals surface area contributed by atoms with Crippen LogP contribution in [-0.2, 0) is 10.0 Å². The zero-order valence-electron chi connectivity index (χ0n) is 13.7. The van der Waals surface area contributed by atoms with Crippen molar-refractivity contribution >= 4 is 15.9 Å². The molecule has 24 heavy (non-hydrogen) atoms. The van der Waals surface area contributed by atoms with Gasteiger partial charge in [-0.3, -0.25) is 4.79 Å². The van der Waals surface area contributed by atoms with Crippen molar-refractivity contribution < 1.29 is 18.3 Å². The van der Waals surface area contributed by atoms with Crippen molar-refractivity contribution in [2.75, 3.05) is 7.05 Å². The fourth-order valence-corrected chi connectivity index (χ4v) is 2.98. The highest BCUT2D eigenvalue weighted by atomic mass is 32.2. The largest absolute Gasteiger partial charge is 0.507 e. The molecule has 0 heterocycles. The number of para-hydroxylation sites is 1. The van der Waals surface area contributed by atoms with Crippen molar-refractivity contribution in [3.8, 4) is 5.75 Å². The Labute approximate surface area is 141 Å². The Bertz CT molecular complexity index is 845. The Morgan fingerprint density at radius 3 is 2.33 bits per heavy atom. The third-order valence-corrected chi connectivity index (χ3v) is 5.22. The fraction of sp³-hybridized carbons (Fsp3) is 0.235. The van der Waals surface area contributed by atoms with E-state index in [1.54, 1.807) is 44.2 Å². The average Bonchev–Trinajstić information content (AvgIpc) is 2.57. The molecule has 1 atom stereocenters. The van der Waals surface area contributed by atoms with Crippen LogP contribution < -0.4 is 10.0 Å². The predicted octanol–water partition coefficient (Wildman–Crippen LogP) is 2.10. The number of rotatable bonds is 5. The van der Waals surface area contributed by atoms with Gasteiger partial charge in [-0.05, 0) is 50.2 Å². The standard InChI is InChI=1S/C17H20N2O4S/c1-11-5-4-6-15(16(11)20)17(21)19-12(2)13-7-9-14(10-8-13)24(22,23)18-3/h4-10,12,18,20H,1-3H3,(H,19,21). The summed E-state index contributed by atoms with van der Waals surface area (Å²) in [4.78, 5) is 12.5. The van der Waals surface area contributed by atoms with E-state index in [9.17, 15) is 18.3 Å². The van der Waals surface area contributed by atoms with Gasteiger partial charge < -0.3 is 10.4 Å². The van der Waals surface area contributed by atoms with Gasteiger partial charge in [0.1, 0.15) is 5.75 Å². The quantitative estimate of drug-likeness (QED) is 0.771. The van der Waals surface area contributed by atoms with Gasteiger partial charge in [-0.2, -0.15) is 0 Å². The minimum Gasteiger partial charge on any atom is -0.507 e. The zero-order valence-corrected chi connectivity index (χ0v) is 14.5. The molecule has 1 unspecified atom stereocenters. The lowest BCUT2D eigenvalue weighted by atomic mass is 10.1. The number of carbonyl (C=O) groups is 1. The summed E-state index contributed by atoms with van der Waals surface area (Å²) in [6, 6.07) is 10.9. The summed E-state index contributed by atoms with van der Waals surface area (Å²) in [5, 5.41) is 12.8. The highest BCUT2D eigenvalue weighted by Crippen LogP contribution is 2.23. The monoisotopic (exact) mass is 348 g/mol. The first-order valence-corrected chi connectivity index (χ1v) is 8.87. The van der Waals surface area contributed by atoms with Gasteiger partial charge in [0.05, 0.1) is 16.5 Å². The smallest absolute Gasteiger partial charge is 0.255 e. The number of sulfonamides is 1. The maximum atomic E-state index is 12.3. The zero-order chi connectivity index (χ0) is 17.9. The number of hydrogen-bond acceptors (Lipinski definition) is 4. The van der Waals surface area contributed by atoms with Crippen molar-refractivity contribution in [3.63, 3.8) is 0 Å². The van der Waals surface area contributed by atoms with Gasteiger partial charge in [-0.1, -0.05) is 24.3 Å². The third-order valence-electron chi connectivity index (χ3n) is 3.79. The minimum atomic E-state index is -3.49.